The fraction of sp³-hybridized carbons (Fsp3) is 0.250. The van der Waals surface area contributed by atoms with Crippen molar-refractivity contribution in [3.8, 4) is 5.69 Å². The van der Waals surface area contributed by atoms with E-state index in [-0.39, 0.29) is 11.9 Å². The van der Waals surface area contributed by atoms with Gasteiger partial charge in [-0.3, -0.25) is 4.79 Å². The molecule has 1 aliphatic heterocycles. The summed E-state index contributed by atoms with van der Waals surface area (Å²) in [5, 5.41) is 9.47. The van der Waals surface area contributed by atoms with Gasteiger partial charge >= 0.3 is 6.09 Å². The van der Waals surface area contributed by atoms with Crippen LogP contribution in [0.5, 0.6) is 0 Å². The molecule has 0 spiro atoms. The zero-order valence-corrected chi connectivity index (χ0v) is 17.4. The summed E-state index contributed by atoms with van der Waals surface area (Å²) in [4.78, 5) is 28.3. The molecule has 7 nitrogen and oxygen atoms in total. The molecule has 1 saturated heterocycles. The maximum Gasteiger partial charge on any atom is 0.407 e. The van der Waals surface area contributed by atoms with E-state index < -0.39 is 6.09 Å². The molecule has 7 heteroatoms. The minimum absolute atomic E-state index is 0.0716. The number of carbonyl (C=O) groups excluding carboxylic acids is 1. The highest BCUT2D eigenvalue weighted by atomic mass is 16.4. The Morgan fingerprint density at radius 3 is 2.42 bits per heavy atom. The number of nitrogens with two attached hydrogens (primary N) is 1. The van der Waals surface area contributed by atoms with Crippen molar-refractivity contribution in [3.05, 3.63) is 83.7 Å². The predicted octanol–water partition coefficient (Wildman–Crippen LogP) is 3.42. The van der Waals surface area contributed by atoms with Crippen molar-refractivity contribution in [2.45, 2.75) is 19.4 Å². The third-order valence-electron chi connectivity index (χ3n) is 5.87. The number of anilines is 1. The normalized spacial score (nSPS) is 16.4. The first-order valence-corrected chi connectivity index (χ1v) is 10.3. The Kier molecular flexibility index (Phi) is 5.66. The van der Waals surface area contributed by atoms with Crippen LogP contribution in [0.25, 0.3) is 5.69 Å². The van der Waals surface area contributed by atoms with Gasteiger partial charge in [0.15, 0.2) is 0 Å². The van der Waals surface area contributed by atoms with Gasteiger partial charge in [-0.2, -0.15) is 0 Å². The second kappa shape index (κ2) is 8.55. The number of aromatic nitrogens is 1. The fourth-order valence-electron chi connectivity index (χ4n) is 4.16. The third-order valence-corrected chi connectivity index (χ3v) is 5.87. The number of hydrogen-bond donors (Lipinski definition) is 2. The van der Waals surface area contributed by atoms with E-state index in [1.807, 2.05) is 83.3 Å². The molecule has 1 unspecified atom stereocenters. The summed E-state index contributed by atoms with van der Waals surface area (Å²) in [5.41, 5.74) is 9.95. The van der Waals surface area contributed by atoms with Gasteiger partial charge in [-0.15, -0.1) is 0 Å². The molecule has 0 bridgehead atoms. The van der Waals surface area contributed by atoms with Gasteiger partial charge in [-0.25, -0.2) is 4.79 Å². The first kappa shape index (κ1) is 20.5. The summed E-state index contributed by atoms with van der Waals surface area (Å²) < 4.78 is 1.96. The minimum atomic E-state index is -0.948. The number of nitrogen functional groups attached to an aromatic ring is 1. The number of carbonyl (C=O) groups is 2. The standard InChI is InChI=1S/C24H26N4O3/c1-17-22(11-12-27(17)20-9-7-19(25)8-10-20)23(29)28-14-13-26(24(30)31)16-21(28)15-18-5-3-2-4-6-18/h2-12,21H,13-16,25H2,1H3,(H,30,31). The van der Waals surface area contributed by atoms with Crippen molar-refractivity contribution in [2.75, 3.05) is 25.4 Å². The first-order chi connectivity index (χ1) is 14.9. The van der Waals surface area contributed by atoms with Crippen molar-refractivity contribution < 1.29 is 14.7 Å². The lowest BCUT2D eigenvalue weighted by Gasteiger charge is -2.40. The van der Waals surface area contributed by atoms with Crippen molar-refractivity contribution in [2.24, 2.45) is 0 Å². The molecule has 0 radical (unpaired) electrons. The lowest BCUT2D eigenvalue weighted by Crippen LogP contribution is -2.57. The Hall–Kier alpha value is -3.74. The van der Waals surface area contributed by atoms with Crippen LogP contribution in [-0.2, 0) is 6.42 Å². The maximum atomic E-state index is 13.5. The van der Waals surface area contributed by atoms with Gasteiger partial charge in [0, 0.05) is 42.9 Å². The van der Waals surface area contributed by atoms with Crippen molar-refractivity contribution >= 4 is 17.7 Å². The lowest BCUT2D eigenvalue weighted by atomic mass is 10.0. The number of hydrogen-bond acceptors (Lipinski definition) is 3. The number of nitrogens with zero attached hydrogens (tertiary/aromatic N) is 3. The van der Waals surface area contributed by atoms with Gasteiger partial charge in [0.05, 0.1) is 11.6 Å². The quantitative estimate of drug-likeness (QED) is 0.635. The molecule has 0 saturated carbocycles. The Morgan fingerprint density at radius 1 is 1.03 bits per heavy atom. The van der Waals surface area contributed by atoms with E-state index in [1.165, 1.54) is 4.90 Å². The highest BCUT2D eigenvalue weighted by molar-refractivity contribution is 5.96. The molecule has 31 heavy (non-hydrogen) atoms. The topological polar surface area (TPSA) is 91.8 Å². The Balaban J connectivity index is 1.61. The van der Waals surface area contributed by atoms with Gasteiger partial charge in [-0.05, 0) is 49.2 Å². The molecule has 1 fully saturated rings. The largest absolute Gasteiger partial charge is 0.465 e. The van der Waals surface area contributed by atoms with Gasteiger partial charge in [0.2, 0.25) is 0 Å². The van der Waals surface area contributed by atoms with Crippen LogP contribution in [0.1, 0.15) is 21.6 Å². The van der Waals surface area contributed by atoms with Gasteiger partial charge < -0.3 is 25.2 Å². The zero-order valence-electron chi connectivity index (χ0n) is 17.4. The van der Waals surface area contributed by atoms with Crippen LogP contribution >= 0.6 is 0 Å². The van der Waals surface area contributed by atoms with Gasteiger partial charge in [0.25, 0.3) is 5.91 Å². The predicted molar refractivity (Wildman–Crippen MR) is 119 cm³/mol. The molecule has 2 amide bonds. The van der Waals surface area contributed by atoms with Crippen LogP contribution in [0.2, 0.25) is 0 Å². The molecule has 1 aliphatic rings. The van der Waals surface area contributed by atoms with E-state index in [0.717, 1.165) is 16.9 Å². The third kappa shape index (κ3) is 4.26. The number of rotatable bonds is 4. The monoisotopic (exact) mass is 418 g/mol. The summed E-state index contributed by atoms with van der Waals surface area (Å²) in [6.07, 6.45) is 1.54. The Morgan fingerprint density at radius 2 is 1.74 bits per heavy atom. The SMILES string of the molecule is Cc1c(C(=O)N2CCN(C(=O)O)CC2Cc2ccccc2)ccn1-c1ccc(N)cc1. The van der Waals surface area contributed by atoms with Crippen LogP contribution in [0.3, 0.4) is 0 Å². The molecule has 3 aromatic rings. The van der Waals surface area contributed by atoms with E-state index in [1.54, 1.807) is 0 Å². The van der Waals surface area contributed by atoms with E-state index in [9.17, 15) is 14.7 Å². The minimum Gasteiger partial charge on any atom is -0.465 e. The maximum absolute atomic E-state index is 13.5. The highest BCUT2D eigenvalue weighted by Crippen LogP contribution is 2.23. The molecular formula is C24H26N4O3. The average molecular weight is 418 g/mol. The van der Waals surface area contributed by atoms with E-state index >= 15 is 0 Å². The number of benzene rings is 2. The number of piperazine rings is 1. The first-order valence-electron chi connectivity index (χ1n) is 10.3. The van der Waals surface area contributed by atoms with E-state index in [2.05, 4.69) is 0 Å². The van der Waals surface area contributed by atoms with E-state index in [0.29, 0.717) is 37.3 Å². The summed E-state index contributed by atoms with van der Waals surface area (Å²) in [6.45, 7) is 2.90. The van der Waals surface area contributed by atoms with Crippen LogP contribution in [0.4, 0.5) is 10.5 Å². The second-order valence-corrected chi connectivity index (χ2v) is 7.85. The van der Waals surface area contributed by atoms with Crippen molar-refractivity contribution in [1.82, 2.24) is 14.4 Å². The molecule has 1 atom stereocenters. The van der Waals surface area contributed by atoms with Crippen LogP contribution in [0.15, 0.2) is 66.9 Å². The molecule has 4 rings (SSSR count). The van der Waals surface area contributed by atoms with E-state index in [4.69, 9.17) is 5.73 Å². The summed E-state index contributed by atoms with van der Waals surface area (Å²) in [7, 11) is 0. The highest BCUT2D eigenvalue weighted by Gasteiger charge is 2.34. The zero-order chi connectivity index (χ0) is 22.0. The van der Waals surface area contributed by atoms with Crippen molar-refractivity contribution in [3.63, 3.8) is 0 Å². The number of carboxylic acid groups (broad SMARTS) is 1. The second-order valence-electron chi connectivity index (χ2n) is 7.85. The van der Waals surface area contributed by atoms with Crippen molar-refractivity contribution in [1.29, 1.82) is 0 Å². The van der Waals surface area contributed by atoms with Gasteiger partial charge in [0.1, 0.15) is 0 Å². The molecule has 3 N–H and O–H groups in total. The molecule has 160 valence electrons. The molecule has 2 aromatic carbocycles. The van der Waals surface area contributed by atoms with Gasteiger partial charge in [-0.1, -0.05) is 30.3 Å². The van der Waals surface area contributed by atoms with Crippen LogP contribution in [0, 0.1) is 6.92 Å². The molecular weight excluding hydrogens is 392 g/mol. The van der Waals surface area contributed by atoms with Crippen LogP contribution in [-0.4, -0.2) is 57.1 Å². The summed E-state index contributed by atoms with van der Waals surface area (Å²) >= 11 is 0. The fourth-order valence-corrected chi connectivity index (χ4v) is 4.16. The summed E-state index contributed by atoms with van der Waals surface area (Å²) in [6, 6.07) is 19.0. The Labute approximate surface area is 181 Å². The Bertz CT molecular complexity index is 1080. The molecule has 1 aromatic heterocycles. The smallest absolute Gasteiger partial charge is 0.407 e. The molecule has 2 heterocycles. The summed E-state index contributed by atoms with van der Waals surface area (Å²) in [5.74, 6) is -0.0716. The molecule has 0 aliphatic carbocycles. The lowest BCUT2D eigenvalue weighted by molar-refractivity contribution is 0.0450. The van der Waals surface area contributed by atoms with Crippen LogP contribution < -0.4 is 5.73 Å². The average Bonchev–Trinajstić information content (AvgIpc) is 3.15. The number of amides is 2.